The highest BCUT2D eigenvalue weighted by atomic mass is 35.5. The van der Waals surface area contributed by atoms with Crippen LogP contribution >= 0.6 is 23.2 Å². The Morgan fingerprint density at radius 3 is 2.57 bits per heavy atom. The van der Waals surface area contributed by atoms with Crippen LogP contribution < -0.4 is 10.1 Å². The Hall–Kier alpha value is -1.71. The quantitative estimate of drug-likeness (QED) is 0.761. The van der Waals surface area contributed by atoms with Gasteiger partial charge in [-0.3, -0.25) is 4.79 Å². The summed E-state index contributed by atoms with van der Waals surface area (Å²) in [4.78, 5) is 12.1. The number of halogens is 2. The minimum absolute atomic E-state index is 0.0456. The molecule has 2 aromatic rings. The molecule has 0 spiro atoms. The van der Waals surface area contributed by atoms with Gasteiger partial charge in [0, 0.05) is 6.42 Å². The Labute approximate surface area is 146 Å². The van der Waals surface area contributed by atoms with Crippen molar-refractivity contribution in [3.8, 4) is 5.75 Å². The molecule has 122 valence electrons. The molecular weight excluding hydrogens is 333 g/mol. The van der Waals surface area contributed by atoms with E-state index in [9.17, 15) is 4.79 Å². The van der Waals surface area contributed by atoms with Gasteiger partial charge in [-0.25, -0.2) is 0 Å². The Bertz CT molecular complexity index is 686. The van der Waals surface area contributed by atoms with Gasteiger partial charge >= 0.3 is 0 Å². The van der Waals surface area contributed by atoms with Gasteiger partial charge in [0.1, 0.15) is 5.75 Å². The average molecular weight is 352 g/mol. The summed E-state index contributed by atoms with van der Waals surface area (Å²) in [5.74, 6) is 0.598. The van der Waals surface area contributed by atoms with E-state index in [1.165, 1.54) is 0 Å². The molecule has 3 nitrogen and oxygen atoms in total. The monoisotopic (exact) mass is 351 g/mol. The van der Waals surface area contributed by atoms with E-state index in [4.69, 9.17) is 27.9 Å². The first-order valence-corrected chi connectivity index (χ1v) is 8.21. The minimum atomic E-state index is -0.0733. The lowest BCUT2D eigenvalue weighted by atomic mass is 10.1. The van der Waals surface area contributed by atoms with Crippen LogP contribution in [0.4, 0.5) is 5.69 Å². The number of nitrogens with one attached hydrogen (secondary N) is 1. The predicted molar refractivity (Wildman–Crippen MR) is 95.6 cm³/mol. The molecule has 0 bridgehead atoms. The van der Waals surface area contributed by atoms with Crippen LogP contribution in [0.15, 0.2) is 42.5 Å². The molecule has 0 aliphatic rings. The highest BCUT2D eigenvalue weighted by Gasteiger charge is 2.09. The molecule has 1 amide bonds. The first-order chi connectivity index (χ1) is 11.0. The highest BCUT2D eigenvalue weighted by Crippen LogP contribution is 2.26. The van der Waals surface area contributed by atoms with Crippen molar-refractivity contribution in [3.63, 3.8) is 0 Å². The number of carbonyl (C=O) groups is 1. The number of carbonyl (C=O) groups excluding carboxylic acids is 1. The lowest BCUT2D eigenvalue weighted by molar-refractivity contribution is -0.116. The number of benzene rings is 2. The summed E-state index contributed by atoms with van der Waals surface area (Å²) >= 11 is 11.9. The molecule has 5 heteroatoms. The maximum atomic E-state index is 12.1. The molecule has 0 saturated carbocycles. The summed E-state index contributed by atoms with van der Waals surface area (Å²) in [6.45, 7) is 3.89. The van der Waals surface area contributed by atoms with Gasteiger partial charge in [-0.05, 0) is 50.1 Å². The van der Waals surface area contributed by atoms with Crippen molar-refractivity contribution in [2.45, 2.75) is 32.8 Å². The first kappa shape index (κ1) is 17.6. The highest BCUT2D eigenvalue weighted by molar-refractivity contribution is 6.42. The molecule has 1 N–H and O–H groups in total. The number of ether oxygens (including phenoxy) is 1. The van der Waals surface area contributed by atoms with Crippen molar-refractivity contribution >= 4 is 34.8 Å². The van der Waals surface area contributed by atoms with Crippen molar-refractivity contribution in [1.29, 1.82) is 0 Å². The fraction of sp³-hybridized carbons (Fsp3) is 0.278. The average Bonchev–Trinajstić information content (AvgIpc) is 2.50. The zero-order valence-corrected chi connectivity index (χ0v) is 14.6. The Morgan fingerprint density at radius 1 is 1.13 bits per heavy atom. The number of anilines is 1. The maximum Gasteiger partial charge on any atom is 0.224 e. The second-order valence-corrected chi connectivity index (χ2v) is 6.27. The fourth-order valence-electron chi connectivity index (χ4n) is 2.09. The Morgan fingerprint density at radius 2 is 1.87 bits per heavy atom. The second kappa shape index (κ2) is 8.23. The van der Waals surface area contributed by atoms with E-state index in [0.29, 0.717) is 34.3 Å². The number of hydrogen-bond acceptors (Lipinski definition) is 2. The summed E-state index contributed by atoms with van der Waals surface area (Å²) < 4.78 is 5.69. The Balaban J connectivity index is 1.96. The summed E-state index contributed by atoms with van der Waals surface area (Å²) in [5.41, 5.74) is 1.65. The van der Waals surface area contributed by atoms with Gasteiger partial charge in [-0.1, -0.05) is 41.4 Å². The number of hydrogen-bond donors (Lipinski definition) is 1. The molecule has 2 aromatic carbocycles. The molecule has 0 heterocycles. The lowest BCUT2D eigenvalue weighted by Gasteiger charge is -2.14. The lowest BCUT2D eigenvalue weighted by Crippen LogP contribution is -2.14. The van der Waals surface area contributed by atoms with Crippen molar-refractivity contribution in [3.05, 3.63) is 58.1 Å². The number of aryl methyl sites for hydroxylation is 1. The third kappa shape index (κ3) is 5.45. The van der Waals surface area contributed by atoms with E-state index >= 15 is 0 Å². The number of para-hydroxylation sites is 2. The summed E-state index contributed by atoms with van der Waals surface area (Å²) in [6, 6.07) is 12.8. The van der Waals surface area contributed by atoms with E-state index < -0.39 is 0 Å². The Kier molecular flexibility index (Phi) is 6.31. The van der Waals surface area contributed by atoms with E-state index in [1.807, 2.05) is 44.2 Å². The third-order valence-corrected chi connectivity index (χ3v) is 3.89. The van der Waals surface area contributed by atoms with Gasteiger partial charge in [-0.2, -0.15) is 0 Å². The predicted octanol–water partition coefficient (Wildman–Crippen LogP) is 5.35. The topological polar surface area (TPSA) is 38.3 Å². The molecule has 0 saturated heterocycles. The SMILES string of the molecule is CC(C)Oc1ccccc1NC(=O)CCc1ccc(Cl)c(Cl)c1. The molecule has 0 aromatic heterocycles. The largest absolute Gasteiger partial charge is 0.489 e. The van der Waals surface area contributed by atoms with Crippen LogP contribution in [0.25, 0.3) is 0 Å². The van der Waals surface area contributed by atoms with Gasteiger partial charge in [0.25, 0.3) is 0 Å². The van der Waals surface area contributed by atoms with Crippen molar-refractivity contribution in [2.75, 3.05) is 5.32 Å². The van der Waals surface area contributed by atoms with Gasteiger partial charge in [0.15, 0.2) is 0 Å². The zero-order chi connectivity index (χ0) is 16.8. The van der Waals surface area contributed by atoms with E-state index in [0.717, 1.165) is 5.56 Å². The van der Waals surface area contributed by atoms with E-state index in [-0.39, 0.29) is 12.0 Å². The van der Waals surface area contributed by atoms with Crippen LogP contribution in [0, 0.1) is 0 Å². The van der Waals surface area contributed by atoms with Crippen LogP contribution in [0.2, 0.25) is 10.0 Å². The van der Waals surface area contributed by atoms with Crippen LogP contribution in [0.5, 0.6) is 5.75 Å². The van der Waals surface area contributed by atoms with Crippen LogP contribution in [0.1, 0.15) is 25.8 Å². The van der Waals surface area contributed by atoms with Crippen LogP contribution in [-0.4, -0.2) is 12.0 Å². The van der Waals surface area contributed by atoms with Gasteiger partial charge in [0.05, 0.1) is 21.8 Å². The second-order valence-electron chi connectivity index (χ2n) is 5.46. The zero-order valence-electron chi connectivity index (χ0n) is 13.1. The van der Waals surface area contributed by atoms with Crippen molar-refractivity contribution in [2.24, 2.45) is 0 Å². The molecule has 0 atom stereocenters. The molecule has 0 unspecified atom stereocenters. The van der Waals surface area contributed by atoms with Gasteiger partial charge in [-0.15, -0.1) is 0 Å². The van der Waals surface area contributed by atoms with E-state index in [2.05, 4.69) is 5.32 Å². The normalized spacial score (nSPS) is 10.7. The molecule has 23 heavy (non-hydrogen) atoms. The molecule has 2 rings (SSSR count). The molecule has 0 fully saturated rings. The smallest absolute Gasteiger partial charge is 0.224 e. The fourth-order valence-corrected chi connectivity index (χ4v) is 2.41. The summed E-state index contributed by atoms with van der Waals surface area (Å²) in [7, 11) is 0. The van der Waals surface area contributed by atoms with Crippen LogP contribution in [-0.2, 0) is 11.2 Å². The van der Waals surface area contributed by atoms with E-state index in [1.54, 1.807) is 12.1 Å². The van der Waals surface area contributed by atoms with Crippen molar-refractivity contribution < 1.29 is 9.53 Å². The maximum absolute atomic E-state index is 12.1. The number of amides is 1. The standard InChI is InChI=1S/C18H19Cl2NO2/c1-12(2)23-17-6-4-3-5-16(17)21-18(22)10-8-13-7-9-14(19)15(20)11-13/h3-7,9,11-12H,8,10H2,1-2H3,(H,21,22). The number of rotatable bonds is 6. The summed E-state index contributed by atoms with van der Waals surface area (Å²) in [6.07, 6.45) is 0.994. The molecule has 0 radical (unpaired) electrons. The molecule has 0 aliphatic carbocycles. The molecule has 0 aliphatic heterocycles. The van der Waals surface area contributed by atoms with Gasteiger partial charge < -0.3 is 10.1 Å². The van der Waals surface area contributed by atoms with Gasteiger partial charge in [0.2, 0.25) is 5.91 Å². The molecular formula is C18H19Cl2NO2. The van der Waals surface area contributed by atoms with Crippen LogP contribution in [0.3, 0.4) is 0 Å². The first-order valence-electron chi connectivity index (χ1n) is 7.45. The third-order valence-electron chi connectivity index (χ3n) is 3.15. The van der Waals surface area contributed by atoms with Crippen molar-refractivity contribution in [1.82, 2.24) is 0 Å². The minimum Gasteiger partial charge on any atom is -0.489 e. The summed E-state index contributed by atoms with van der Waals surface area (Å²) in [5, 5.41) is 3.90.